The van der Waals surface area contributed by atoms with Gasteiger partial charge in [-0.1, -0.05) is 12.5 Å². The molecule has 1 saturated carbocycles. The Kier molecular flexibility index (Phi) is 4.34. The van der Waals surface area contributed by atoms with E-state index in [2.05, 4.69) is 0 Å². The van der Waals surface area contributed by atoms with Crippen LogP contribution in [0.4, 0.5) is 0 Å². The second kappa shape index (κ2) is 6.39. The summed E-state index contributed by atoms with van der Waals surface area (Å²) in [7, 11) is 0. The molecule has 110 valence electrons. The van der Waals surface area contributed by atoms with Crippen molar-refractivity contribution in [2.24, 2.45) is 5.92 Å². The van der Waals surface area contributed by atoms with Gasteiger partial charge in [0.25, 0.3) is 0 Å². The zero-order valence-electron chi connectivity index (χ0n) is 11.8. The summed E-state index contributed by atoms with van der Waals surface area (Å²) >= 11 is 1.63. The van der Waals surface area contributed by atoms with Gasteiger partial charge in [0.15, 0.2) is 11.5 Å². The lowest BCUT2D eigenvalue weighted by atomic mass is 9.76. The van der Waals surface area contributed by atoms with Crippen LogP contribution >= 0.6 is 11.3 Å². The van der Waals surface area contributed by atoms with Gasteiger partial charge in [0.05, 0.1) is 6.26 Å². The average Bonchev–Trinajstić information content (AvgIpc) is 3.18. The molecule has 0 N–H and O–H groups in total. The first kappa shape index (κ1) is 14.3. The molecule has 21 heavy (non-hydrogen) atoms. The molecule has 1 aliphatic carbocycles. The van der Waals surface area contributed by atoms with E-state index in [4.69, 9.17) is 4.42 Å². The molecule has 0 unspecified atom stereocenters. The van der Waals surface area contributed by atoms with Crippen LogP contribution in [0, 0.1) is 5.92 Å². The normalized spacial score (nSPS) is 20.4. The number of Topliss-reactive ketones (excluding diaryl/α,β-unsaturated/α-hetero) is 2. The first-order chi connectivity index (χ1) is 10.3. The van der Waals surface area contributed by atoms with E-state index in [0.717, 1.165) is 24.1 Å². The highest BCUT2D eigenvalue weighted by Crippen LogP contribution is 2.38. The number of rotatable bonds is 5. The molecule has 0 radical (unpaired) electrons. The Labute approximate surface area is 128 Å². The zero-order valence-corrected chi connectivity index (χ0v) is 12.6. The molecular formula is C17H18O3S. The summed E-state index contributed by atoms with van der Waals surface area (Å²) in [5.74, 6) is 0.662. The third kappa shape index (κ3) is 3.16. The van der Waals surface area contributed by atoms with Crippen molar-refractivity contribution in [2.75, 3.05) is 0 Å². The van der Waals surface area contributed by atoms with Gasteiger partial charge in [0.2, 0.25) is 0 Å². The fourth-order valence-corrected chi connectivity index (χ4v) is 4.01. The van der Waals surface area contributed by atoms with Gasteiger partial charge in [0.1, 0.15) is 5.78 Å². The maximum atomic E-state index is 12.4. The van der Waals surface area contributed by atoms with E-state index in [1.807, 2.05) is 17.5 Å². The van der Waals surface area contributed by atoms with Crippen LogP contribution in [0.1, 0.15) is 53.5 Å². The van der Waals surface area contributed by atoms with E-state index in [1.54, 1.807) is 23.5 Å². The highest BCUT2D eigenvalue weighted by Gasteiger charge is 2.33. The standard InChI is InChI=1S/C17H18O3S/c18-14-6-2-1-5-12(14)13(17-8-4-10-21-17)11-15(19)16-7-3-9-20-16/h3-4,7-10,12-13H,1-2,5-6,11H2/t12-,13+/m1/s1. The lowest BCUT2D eigenvalue weighted by Crippen LogP contribution is -2.27. The molecule has 4 heteroatoms. The summed E-state index contributed by atoms with van der Waals surface area (Å²) in [6.07, 6.45) is 5.48. The third-order valence-corrected chi connectivity index (χ3v) is 5.20. The van der Waals surface area contributed by atoms with Crippen molar-refractivity contribution in [3.63, 3.8) is 0 Å². The molecule has 1 fully saturated rings. The molecule has 2 heterocycles. The van der Waals surface area contributed by atoms with Crippen LogP contribution in [0.3, 0.4) is 0 Å². The zero-order chi connectivity index (χ0) is 14.7. The number of thiophene rings is 1. The number of carbonyl (C=O) groups excluding carboxylic acids is 2. The molecule has 2 aromatic heterocycles. The molecule has 3 rings (SSSR count). The van der Waals surface area contributed by atoms with Crippen molar-refractivity contribution in [2.45, 2.75) is 38.0 Å². The predicted molar refractivity (Wildman–Crippen MR) is 81.7 cm³/mol. The van der Waals surface area contributed by atoms with Crippen LogP contribution in [-0.2, 0) is 4.79 Å². The Bertz CT molecular complexity index is 598. The van der Waals surface area contributed by atoms with E-state index < -0.39 is 0 Å². The van der Waals surface area contributed by atoms with Crippen molar-refractivity contribution in [1.29, 1.82) is 0 Å². The number of hydrogen-bond acceptors (Lipinski definition) is 4. The number of hydrogen-bond donors (Lipinski definition) is 0. The van der Waals surface area contributed by atoms with Crippen molar-refractivity contribution < 1.29 is 14.0 Å². The molecule has 2 aromatic rings. The van der Waals surface area contributed by atoms with E-state index >= 15 is 0 Å². The fourth-order valence-electron chi connectivity index (χ4n) is 3.12. The molecule has 0 amide bonds. The minimum absolute atomic E-state index is 0.00426. The molecule has 0 saturated heterocycles. The Balaban J connectivity index is 1.83. The van der Waals surface area contributed by atoms with Gasteiger partial charge in [-0.25, -0.2) is 0 Å². The molecule has 0 spiro atoms. The van der Waals surface area contributed by atoms with E-state index in [-0.39, 0.29) is 17.6 Å². The van der Waals surface area contributed by atoms with Crippen LogP contribution < -0.4 is 0 Å². The second-order valence-corrected chi connectivity index (χ2v) is 6.52. The Morgan fingerprint density at radius 3 is 2.90 bits per heavy atom. The van der Waals surface area contributed by atoms with Crippen LogP contribution in [0.2, 0.25) is 0 Å². The number of furan rings is 1. The smallest absolute Gasteiger partial charge is 0.198 e. The van der Waals surface area contributed by atoms with E-state index in [1.165, 1.54) is 6.26 Å². The van der Waals surface area contributed by atoms with Crippen LogP contribution in [-0.4, -0.2) is 11.6 Å². The molecule has 2 atom stereocenters. The van der Waals surface area contributed by atoms with Crippen LogP contribution in [0.15, 0.2) is 40.3 Å². The predicted octanol–water partition coefficient (Wildman–Crippen LogP) is 4.46. The minimum atomic E-state index is -0.0173. The fraction of sp³-hybridized carbons (Fsp3) is 0.412. The summed E-state index contributed by atoms with van der Waals surface area (Å²) in [4.78, 5) is 25.8. The maximum Gasteiger partial charge on any atom is 0.198 e. The number of carbonyl (C=O) groups is 2. The first-order valence-corrected chi connectivity index (χ1v) is 8.26. The van der Waals surface area contributed by atoms with Gasteiger partial charge in [-0.3, -0.25) is 9.59 Å². The highest BCUT2D eigenvalue weighted by molar-refractivity contribution is 7.10. The van der Waals surface area contributed by atoms with Crippen LogP contribution in [0.5, 0.6) is 0 Å². The van der Waals surface area contributed by atoms with Gasteiger partial charge in [-0.05, 0) is 36.4 Å². The van der Waals surface area contributed by atoms with Crippen molar-refractivity contribution in [3.05, 3.63) is 46.5 Å². The van der Waals surface area contributed by atoms with Crippen molar-refractivity contribution >= 4 is 22.9 Å². The average molecular weight is 302 g/mol. The lowest BCUT2D eigenvalue weighted by Gasteiger charge is -2.28. The van der Waals surface area contributed by atoms with Crippen molar-refractivity contribution in [1.82, 2.24) is 0 Å². The van der Waals surface area contributed by atoms with Crippen molar-refractivity contribution in [3.8, 4) is 0 Å². The Hall–Kier alpha value is -1.68. The van der Waals surface area contributed by atoms with Gasteiger partial charge in [0, 0.05) is 29.6 Å². The number of ketones is 2. The highest BCUT2D eigenvalue weighted by atomic mass is 32.1. The maximum absolute atomic E-state index is 12.4. The molecule has 0 aliphatic heterocycles. The SMILES string of the molecule is O=C(C[C@H](c1cccs1)[C@H]1CCCCC1=O)c1ccco1. The molecule has 1 aliphatic rings. The third-order valence-electron chi connectivity index (χ3n) is 4.20. The quantitative estimate of drug-likeness (QED) is 0.766. The molecular weight excluding hydrogens is 284 g/mol. The summed E-state index contributed by atoms with van der Waals surface area (Å²) in [6.45, 7) is 0. The van der Waals surface area contributed by atoms with E-state index in [9.17, 15) is 9.59 Å². The first-order valence-electron chi connectivity index (χ1n) is 7.38. The second-order valence-electron chi connectivity index (χ2n) is 5.55. The molecule has 3 nitrogen and oxygen atoms in total. The summed E-state index contributed by atoms with van der Waals surface area (Å²) < 4.78 is 5.20. The lowest BCUT2D eigenvalue weighted by molar-refractivity contribution is -0.125. The largest absolute Gasteiger partial charge is 0.461 e. The monoisotopic (exact) mass is 302 g/mol. The van der Waals surface area contributed by atoms with Gasteiger partial charge in [-0.15, -0.1) is 11.3 Å². The van der Waals surface area contributed by atoms with Gasteiger partial charge in [-0.2, -0.15) is 0 Å². The Morgan fingerprint density at radius 1 is 1.33 bits per heavy atom. The molecule has 0 aromatic carbocycles. The summed E-state index contributed by atoms with van der Waals surface area (Å²) in [5.41, 5.74) is 0. The minimum Gasteiger partial charge on any atom is -0.461 e. The van der Waals surface area contributed by atoms with Crippen LogP contribution in [0.25, 0.3) is 0 Å². The summed E-state index contributed by atoms with van der Waals surface area (Å²) in [5, 5.41) is 2.01. The van der Waals surface area contributed by atoms with Gasteiger partial charge >= 0.3 is 0 Å². The summed E-state index contributed by atoms with van der Waals surface area (Å²) in [6, 6.07) is 7.43. The Morgan fingerprint density at radius 2 is 2.24 bits per heavy atom. The topological polar surface area (TPSA) is 47.3 Å². The van der Waals surface area contributed by atoms with E-state index in [0.29, 0.717) is 24.4 Å². The van der Waals surface area contributed by atoms with Gasteiger partial charge < -0.3 is 4.42 Å². The molecule has 0 bridgehead atoms.